The summed E-state index contributed by atoms with van der Waals surface area (Å²) in [6, 6.07) is 8.14. The molecule has 7 nitrogen and oxygen atoms in total. The molecule has 0 aliphatic carbocycles. The molecule has 7 heteroatoms. The zero-order valence-corrected chi connectivity index (χ0v) is 16.0. The fraction of sp³-hybridized carbons (Fsp3) is 0.526. The number of hydrogen-bond donors (Lipinski definition) is 2. The summed E-state index contributed by atoms with van der Waals surface area (Å²) in [5.41, 5.74) is 2.12. The van der Waals surface area contributed by atoms with Crippen molar-refractivity contribution in [1.82, 2.24) is 25.4 Å². The van der Waals surface area contributed by atoms with Gasteiger partial charge in [-0.3, -0.25) is 0 Å². The van der Waals surface area contributed by atoms with Gasteiger partial charge in [0.25, 0.3) is 0 Å². The van der Waals surface area contributed by atoms with Crippen LogP contribution in [-0.2, 0) is 11.3 Å². The van der Waals surface area contributed by atoms with Crippen LogP contribution in [0.15, 0.2) is 41.9 Å². The van der Waals surface area contributed by atoms with Crippen LogP contribution in [0.3, 0.4) is 0 Å². The predicted octanol–water partition coefficient (Wildman–Crippen LogP) is 2.39. The largest absolute Gasteiger partial charge is 0.380 e. The molecule has 0 saturated heterocycles. The Bertz CT molecular complexity index is 637. The molecule has 2 rings (SSSR count). The van der Waals surface area contributed by atoms with E-state index in [9.17, 15) is 0 Å². The second kappa shape index (κ2) is 11.3. The van der Waals surface area contributed by atoms with E-state index in [1.54, 1.807) is 11.0 Å². The number of nitrogens with zero attached hydrogens (tertiary/aromatic N) is 4. The number of guanidine groups is 1. The Morgan fingerprint density at radius 1 is 1.19 bits per heavy atom. The van der Waals surface area contributed by atoms with E-state index >= 15 is 0 Å². The van der Waals surface area contributed by atoms with E-state index in [4.69, 9.17) is 4.74 Å². The molecule has 0 radical (unpaired) electrons. The first-order chi connectivity index (χ1) is 12.7. The molecule has 0 fully saturated rings. The van der Waals surface area contributed by atoms with Crippen molar-refractivity contribution >= 4 is 5.96 Å². The van der Waals surface area contributed by atoms with Gasteiger partial charge in [0.1, 0.15) is 12.7 Å². The van der Waals surface area contributed by atoms with Crippen LogP contribution >= 0.6 is 0 Å². The minimum atomic E-state index is 0.612. The Kier molecular flexibility index (Phi) is 8.62. The number of rotatable bonds is 10. The Balaban J connectivity index is 1.78. The Morgan fingerprint density at radius 3 is 2.65 bits per heavy atom. The van der Waals surface area contributed by atoms with Crippen LogP contribution in [-0.4, -0.2) is 47.0 Å². The molecule has 0 aliphatic rings. The molecule has 0 bridgehead atoms. The van der Waals surface area contributed by atoms with Crippen molar-refractivity contribution in [2.24, 2.45) is 10.9 Å². The van der Waals surface area contributed by atoms with E-state index in [-0.39, 0.29) is 0 Å². The van der Waals surface area contributed by atoms with Gasteiger partial charge in [-0.2, -0.15) is 5.10 Å². The first-order valence-corrected chi connectivity index (χ1v) is 9.23. The van der Waals surface area contributed by atoms with Crippen LogP contribution in [0.2, 0.25) is 0 Å². The summed E-state index contributed by atoms with van der Waals surface area (Å²) in [6.07, 6.45) is 4.31. The highest BCUT2D eigenvalue weighted by molar-refractivity contribution is 5.79. The summed E-state index contributed by atoms with van der Waals surface area (Å²) in [7, 11) is 0. The predicted molar refractivity (Wildman–Crippen MR) is 104 cm³/mol. The highest BCUT2D eigenvalue weighted by Gasteiger charge is 2.00. The van der Waals surface area contributed by atoms with Crippen LogP contribution in [0.4, 0.5) is 0 Å². The number of benzene rings is 1. The third-order valence-corrected chi connectivity index (χ3v) is 3.76. The monoisotopic (exact) mass is 358 g/mol. The molecule has 2 aromatic rings. The van der Waals surface area contributed by atoms with Gasteiger partial charge in [0, 0.05) is 19.7 Å². The number of ether oxygens (including phenoxy) is 1. The zero-order chi connectivity index (χ0) is 18.6. The van der Waals surface area contributed by atoms with Gasteiger partial charge in [-0.25, -0.2) is 14.7 Å². The van der Waals surface area contributed by atoms with Crippen molar-refractivity contribution < 1.29 is 4.74 Å². The van der Waals surface area contributed by atoms with Gasteiger partial charge >= 0.3 is 0 Å². The minimum absolute atomic E-state index is 0.612. The molecule has 1 heterocycles. The maximum Gasteiger partial charge on any atom is 0.191 e. The second-order valence-electron chi connectivity index (χ2n) is 6.42. The topological polar surface area (TPSA) is 76.4 Å². The molecular formula is C19H30N6O. The second-order valence-corrected chi connectivity index (χ2v) is 6.42. The van der Waals surface area contributed by atoms with Crippen LogP contribution in [0.25, 0.3) is 5.69 Å². The average Bonchev–Trinajstić information content (AvgIpc) is 3.17. The third-order valence-electron chi connectivity index (χ3n) is 3.76. The van der Waals surface area contributed by atoms with Crippen molar-refractivity contribution in [3.63, 3.8) is 0 Å². The highest BCUT2D eigenvalue weighted by atomic mass is 16.5. The van der Waals surface area contributed by atoms with Crippen molar-refractivity contribution in [2.75, 3.05) is 26.3 Å². The number of nitrogens with one attached hydrogen (secondary N) is 2. The first kappa shape index (κ1) is 19.9. The van der Waals surface area contributed by atoms with Crippen molar-refractivity contribution in [1.29, 1.82) is 0 Å². The Labute approximate surface area is 155 Å². The van der Waals surface area contributed by atoms with Gasteiger partial charge in [-0.1, -0.05) is 26.0 Å². The first-order valence-electron chi connectivity index (χ1n) is 9.23. The molecule has 142 valence electrons. The maximum absolute atomic E-state index is 5.63. The summed E-state index contributed by atoms with van der Waals surface area (Å²) >= 11 is 0. The van der Waals surface area contributed by atoms with Crippen molar-refractivity contribution in [3.8, 4) is 5.69 Å². The average molecular weight is 358 g/mol. The van der Waals surface area contributed by atoms with Crippen LogP contribution in [0, 0.1) is 5.92 Å². The molecule has 0 saturated carbocycles. The molecule has 0 amide bonds. The number of aliphatic imine (C=N–C) groups is 1. The highest BCUT2D eigenvalue weighted by Crippen LogP contribution is 2.08. The summed E-state index contributed by atoms with van der Waals surface area (Å²) in [6.45, 7) is 10.1. The van der Waals surface area contributed by atoms with E-state index in [0.717, 1.165) is 43.3 Å². The van der Waals surface area contributed by atoms with Crippen LogP contribution < -0.4 is 10.6 Å². The lowest BCUT2D eigenvalue weighted by molar-refractivity contribution is 0.128. The number of aromatic nitrogens is 3. The third kappa shape index (κ3) is 7.23. The van der Waals surface area contributed by atoms with Crippen molar-refractivity contribution in [2.45, 2.75) is 33.7 Å². The van der Waals surface area contributed by atoms with E-state index < -0.39 is 0 Å². The van der Waals surface area contributed by atoms with Gasteiger partial charge in [0.2, 0.25) is 0 Å². The lowest BCUT2D eigenvalue weighted by Crippen LogP contribution is -2.39. The Hall–Kier alpha value is -2.41. The minimum Gasteiger partial charge on any atom is -0.380 e. The fourth-order valence-corrected chi connectivity index (χ4v) is 2.27. The van der Waals surface area contributed by atoms with E-state index in [0.29, 0.717) is 19.1 Å². The maximum atomic E-state index is 5.63. The molecule has 1 aromatic heterocycles. The van der Waals surface area contributed by atoms with E-state index in [2.05, 4.69) is 58.6 Å². The van der Waals surface area contributed by atoms with Gasteiger partial charge in [-0.05, 0) is 37.0 Å². The molecule has 0 unspecified atom stereocenters. The quantitative estimate of drug-likeness (QED) is 0.387. The Morgan fingerprint density at radius 2 is 2.00 bits per heavy atom. The van der Waals surface area contributed by atoms with Gasteiger partial charge in [0.15, 0.2) is 5.96 Å². The van der Waals surface area contributed by atoms with Gasteiger partial charge in [-0.15, -0.1) is 0 Å². The van der Waals surface area contributed by atoms with E-state index in [1.807, 2.05) is 12.1 Å². The SMILES string of the molecule is CCNC(=NCc1ccc(-n2cncn2)cc1)NCCOCCC(C)C. The fourth-order valence-electron chi connectivity index (χ4n) is 2.27. The molecular weight excluding hydrogens is 328 g/mol. The summed E-state index contributed by atoms with van der Waals surface area (Å²) in [4.78, 5) is 8.59. The smallest absolute Gasteiger partial charge is 0.191 e. The zero-order valence-electron chi connectivity index (χ0n) is 16.0. The molecule has 0 aliphatic heterocycles. The normalized spacial score (nSPS) is 11.8. The molecule has 2 N–H and O–H groups in total. The van der Waals surface area contributed by atoms with E-state index in [1.165, 1.54) is 6.33 Å². The number of hydrogen-bond acceptors (Lipinski definition) is 4. The lowest BCUT2D eigenvalue weighted by atomic mass is 10.1. The molecule has 0 atom stereocenters. The summed E-state index contributed by atoms with van der Waals surface area (Å²) in [5, 5.41) is 10.7. The van der Waals surface area contributed by atoms with Crippen LogP contribution in [0.1, 0.15) is 32.8 Å². The van der Waals surface area contributed by atoms with Crippen molar-refractivity contribution in [3.05, 3.63) is 42.5 Å². The standard InChI is InChI=1S/C19H30N6O/c1-4-21-19(22-10-12-26-11-9-16(2)3)23-13-17-5-7-18(8-6-17)25-15-20-14-24-25/h5-8,14-16H,4,9-13H2,1-3H3,(H2,21,22,23). The summed E-state index contributed by atoms with van der Waals surface area (Å²) < 4.78 is 7.36. The molecule has 26 heavy (non-hydrogen) atoms. The summed E-state index contributed by atoms with van der Waals surface area (Å²) in [5.74, 6) is 1.48. The molecule has 1 aromatic carbocycles. The van der Waals surface area contributed by atoms with Gasteiger partial charge in [0.05, 0.1) is 18.8 Å². The van der Waals surface area contributed by atoms with Gasteiger partial charge < -0.3 is 15.4 Å². The van der Waals surface area contributed by atoms with Crippen LogP contribution in [0.5, 0.6) is 0 Å². The molecule has 0 spiro atoms. The lowest BCUT2D eigenvalue weighted by Gasteiger charge is -2.12.